The second kappa shape index (κ2) is 7.76. The smallest absolute Gasteiger partial charge is 0.311 e. The fraction of sp³-hybridized carbons (Fsp3) is 0.500. The van der Waals surface area contributed by atoms with E-state index in [1.54, 1.807) is 24.8 Å². The standard InChI is InChI=1S/C16H21N3O5/c1-3-24-16(21)12-9-15(20)18(10-12)7-6-17-14-5-4-13(19(22)23)8-11(14)2/h4-5,8,12,17H,3,6-7,9-10H2,1-2H3/t12-/m0/s1. The minimum Gasteiger partial charge on any atom is -0.466 e. The van der Waals surface area contributed by atoms with Gasteiger partial charge in [-0.15, -0.1) is 0 Å². The topological polar surface area (TPSA) is 102 Å². The van der Waals surface area contributed by atoms with Gasteiger partial charge in [-0.1, -0.05) is 0 Å². The zero-order valence-corrected chi connectivity index (χ0v) is 13.8. The first kappa shape index (κ1) is 17.7. The minimum absolute atomic E-state index is 0.0463. The molecule has 0 saturated carbocycles. The summed E-state index contributed by atoms with van der Waals surface area (Å²) in [6.45, 7) is 5.17. The van der Waals surface area contributed by atoms with Gasteiger partial charge in [0.1, 0.15) is 0 Å². The number of nitrogens with one attached hydrogen (secondary N) is 1. The summed E-state index contributed by atoms with van der Waals surface area (Å²) in [5.41, 5.74) is 1.60. The average Bonchev–Trinajstić information content (AvgIpc) is 2.90. The number of non-ortho nitro benzene ring substituents is 1. The van der Waals surface area contributed by atoms with Crippen LogP contribution in [-0.4, -0.2) is 47.9 Å². The van der Waals surface area contributed by atoms with Crippen molar-refractivity contribution in [3.63, 3.8) is 0 Å². The van der Waals surface area contributed by atoms with Gasteiger partial charge in [-0.25, -0.2) is 0 Å². The van der Waals surface area contributed by atoms with Crippen LogP contribution in [0, 0.1) is 23.0 Å². The molecular weight excluding hydrogens is 314 g/mol. The number of benzene rings is 1. The van der Waals surface area contributed by atoms with Crippen molar-refractivity contribution >= 4 is 23.3 Å². The number of nitro benzene ring substituents is 1. The molecule has 8 nitrogen and oxygen atoms in total. The van der Waals surface area contributed by atoms with Crippen molar-refractivity contribution in [2.75, 3.05) is 31.6 Å². The summed E-state index contributed by atoms with van der Waals surface area (Å²) in [6.07, 6.45) is 0.190. The Morgan fingerprint density at radius 3 is 2.88 bits per heavy atom. The Labute approximate surface area is 139 Å². The second-order valence-electron chi connectivity index (χ2n) is 5.68. The zero-order chi connectivity index (χ0) is 17.7. The van der Waals surface area contributed by atoms with E-state index < -0.39 is 10.8 Å². The van der Waals surface area contributed by atoms with Gasteiger partial charge in [0.25, 0.3) is 5.69 Å². The predicted molar refractivity (Wildman–Crippen MR) is 87.6 cm³/mol. The molecule has 130 valence electrons. The van der Waals surface area contributed by atoms with Gasteiger partial charge >= 0.3 is 5.97 Å². The fourth-order valence-electron chi connectivity index (χ4n) is 2.69. The SMILES string of the molecule is CCOC(=O)[C@H]1CC(=O)N(CCNc2ccc([N+](=O)[O-])cc2C)C1. The molecule has 0 radical (unpaired) electrons. The second-order valence-corrected chi connectivity index (χ2v) is 5.68. The van der Waals surface area contributed by atoms with E-state index >= 15 is 0 Å². The number of esters is 1. The summed E-state index contributed by atoms with van der Waals surface area (Å²) in [5.74, 6) is -0.777. The molecule has 1 aromatic rings. The molecule has 0 unspecified atom stereocenters. The first-order valence-electron chi connectivity index (χ1n) is 7.85. The van der Waals surface area contributed by atoms with Crippen LogP contribution in [0.1, 0.15) is 18.9 Å². The van der Waals surface area contributed by atoms with Crippen LogP contribution in [0.5, 0.6) is 0 Å². The van der Waals surface area contributed by atoms with Gasteiger partial charge in [0.2, 0.25) is 5.91 Å². The Morgan fingerprint density at radius 1 is 1.50 bits per heavy atom. The van der Waals surface area contributed by atoms with E-state index in [0.29, 0.717) is 26.2 Å². The van der Waals surface area contributed by atoms with Crippen molar-refractivity contribution in [2.24, 2.45) is 5.92 Å². The van der Waals surface area contributed by atoms with Crippen LogP contribution in [0.15, 0.2) is 18.2 Å². The van der Waals surface area contributed by atoms with Crippen LogP contribution in [0.3, 0.4) is 0 Å². The van der Waals surface area contributed by atoms with Gasteiger partial charge in [0.05, 0.1) is 17.4 Å². The maximum atomic E-state index is 11.9. The number of hydrogen-bond donors (Lipinski definition) is 1. The molecule has 0 aromatic heterocycles. The lowest BCUT2D eigenvalue weighted by Gasteiger charge is -2.17. The van der Waals surface area contributed by atoms with Gasteiger partial charge in [0, 0.05) is 43.9 Å². The normalized spacial score (nSPS) is 17.0. The van der Waals surface area contributed by atoms with Crippen LogP contribution in [0.2, 0.25) is 0 Å². The van der Waals surface area contributed by atoms with Crippen molar-refractivity contribution in [2.45, 2.75) is 20.3 Å². The van der Waals surface area contributed by atoms with Gasteiger partial charge in [-0.2, -0.15) is 0 Å². The highest BCUT2D eigenvalue weighted by Crippen LogP contribution is 2.22. The number of rotatable bonds is 7. The monoisotopic (exact) mass is 335 g/mol. The maximum Gasteiger partial charge on any atom is 0.311 e. The molecule has 1 aromatic carbocycles. The molecule has 0 spiro atoms. The van der Waals surface area contributed by atoms with Crippen molar-refractivity contribution in [3.8, 4) is 0 Å². The Balaban J connectivity index is 1.85. The molecule has 1 amide bonds. The highest BCUT2D eigenvalue weighted by Gasteiger charge is 2.34. The fourth-order valence-corrected chi connectivity index (χ4v) is 2.69. The Bertz CT molecular complexity index is 647. The number of ether oxygens (including phenoxy) is 1. The van der Waals surface area contributed by atoms with E-state index in [2.05, 4.69) is 5.32 Å². The summed E-state index contributed by atoms with van der Waals surface area (Å²) >= 11 is 0. The molecule has 2 rings (SSSR count). The molecule has 1 aliphatic heterocycles. The number of amides is 1. The third-order valence-corrected chi connectivity index (χ3v) is 3.95. The molecular formula is C16H21N3O5. The molecule has 1 N–H and O–H groups in total. The zero-order valence-electron chi connectivity index (χ0n) is 13.8. The van der Waals surface area contributed by atoms with Gasteiger partial charge in [-0.3, -0.25) is 19.7 Å². The van der Waals surface area contributed by atoms with Crippen molar-refractivity contribution < 1.29 is 19.2 Å². The van der Waals surface area contributed by atoms with Crippen LogP contribution < -0.4 is 5.32 Å². The first-order valence-corrected chi connectivity index (χ1v) is 7.85. The largest absolute Gasteiger partial charge is 0.466 e. The predicted octanol–water partition coefficient (Wildman–Crippen LogP) is 1.73. The van der Waals surface area contributed by atoms with E-state index in [-0.39, 0.29) is 24.0 Å². The number of carbonyl (C=O) groups is 2. The van der Waals surface area contributed by atoms with Crippen molar-refractivity contribution in [1.29, 1.82) is 0 Å². The van der Waals surface area contributed by atoms with Crippen LogP contribution in [-0.2, 0) is 14.3 Å². The van der Waals surface area contributed by atoms with Crippen LogP contribution in [0.4, 0.5) is 11.4 Å². The van der Waals surface area contributed by atoms with E-state index in [1.807, 2.05) is 0 Å². The number of anilines is 1. The first-order chi connectivity index (χ1) is 11.4. The molecule has 1 heterocycles. The van der Waals surface area contributed by atoms with Crippen molar-refractivity contribution in [3.05, 3.63) is 33.9 Å². The lowest BCUT2D eigenvalue weighted by Crippen LogP contribution is -2.31. The average molecular weight is 335 g/mol. The number of nitrogens with zero attached hydrogens (tertiary/aromatic N) is 2. The third kappa shape index (κ3) is 4.21. The molecule has 24 heavy (non-hydrogen) atoms. The van der Waals surface area contributed by atoms with Crippen molar-refractivity contribution in [1.82, 2.24) is 4.90 Å². The van der Waals surface area contributed by atoms with Gasteiger partial charge in [0.15, 0.2) is 0 Å². The lowest BCUT2D eigenvalue weighted by molar-refractivity contribution is -0.384. The maximum absolute atomic E-state index is 11.9. The van der Waals surface area contributed by atoms with Crippen LogP contribution >= 0.6 is 0 Å². The van der Waals surface area contributed by atoms with E-state index in [9.17, 15) is 19.7 Å². The highest BCUT2D eigenvalue weighted by molar-refractivity contribution is 5.86. The molecule has 1 saturated heterocycles. The number of carbonyl (C=O) groups excluding carboxylic acids is 2. The quantitative estimate of drug-likeness (QED) is 0.462. The Kier molecular flexibility index (Phi) is 5.73. The highest BCUT2D eigenvalue weighted by atomic mass is 16.6. The number of nitro groups is 1. The van der Waals surface area contributed by atoms with Gasteiger partial charge < -0.3 is 15.0 Å². The molecule has 1 fully saturated rings. The number of hydrogen-bond acceptors (Lipinski definition) is 6. The minimum atomic E-state index is -0.435. The third-order valence-electron chi connectivity index (χ3n) is 3.95. The summed E-state index contributed by atoms with van der Waals surface area (Å²) in [5, 5.41) is 13.9. The van der Waals surface area contributed by atoms with Gasteiger partial charge in [-0.05, 0) is 25.5 Å². The number of likely N-dealkylation sites (tertiary alicyclic amines) is 1. The van der Waals surface area contributed by atoms with Crippen LogP contribution in [0.25, 0.3) is 0 Å². The molecule has 1 atom stereocenters. The summed E-state index contributed by atoms with van der Waals surface area (Å²) in [6, 6.07) is 4.59. The lowest BCUT2D eigenvalue weighted by atomic mass is 10.1. The Hall–Kier alpha value is -2.64. The summed E-state index contributed by atoms with van der Waals surface area (Å²) in [4.78, 5) is 35.6. The summed E-state index contributed by atoms with van der Waals surface area (Å²) in [7, 11) is 0. The Morgan fingerprint density at radius 2 is 2.25 bits per heavy atom. The molecule has 1 aliphatic rings. The molecule has 0 aliphatic carbocycles. The van der Waals surface area contributed by atoms with E-state index in [4.69, 9.17) is 4.74 Å². The van der Waals surface area contributed by atoms with E-state index in [1.165, 1.54) is 12.1 Å². The number of aryl methyl sites for hydroxylation is 1. The molecule has 8 heteroatoms. The molecule has 0 bridgehead atoms. The van der Waals surface area contributed by atoms with E-state index in [0.717, 1.165) is 11.3 Å². The summed E-state index contributed by atoms with van der Waals surface area (Å²) < 4.78 is 4.95.